The molecule has 3 aromatic carbocycles. The summed E-state index contributed by atoms with van der Waals surface area (Å²) in [5.41, 5.74) is 4.59. The van der Waals surface area contributed by atoms with Crippen LogP contribution in [0.25, 0.3) is 6.08 Å². The molecule has 0 unspecified atom stereocenters. The first-order chi connectivity index (χ1) is 18.2. The van der Waals surface area contributed by atoms with Crippen LogP contribution in [0.4, 0.5) is 5.69 Å². The number of anilines is 1. The van der Waals surface area contributed by atoms with Gasteiger partial charge in [0.1, 0.15) is 0 Å². The number of ether oxygens (including phenoxy) is 1. The molecule has 1 aliphatic heterocycles. The number of hydrogen-bond acceptors (Lipinski definition) is 4. The van der Waals surface area contributed by atoms with Crippen LogP contribution in [0.5, 0.6) is 0 Å². The van der Waals surface area contributed by atoms with E-state index in [1.165, 1.54) is 30.4 Å². The van der Waals surface area contributed by atoms with Gasteiger partial charge in [-0.25, -0.2) is 4.99 Å². The fourth-order valence-electron chi connectivity index (χ4n) is 5.03. The Morgan fingerprint density at radius 2 is 1.46 bits per heavy atom. The largest absolute Gasteiger partial charge is 0.420 e. The summed E-state index contributed by atoms with van der Waals surface area (Å²) in [5, 5.41) is 0. The van der Waals surface area contributed by atoms with Gasteiger partial charge in [0.25, 0.3) is 5.91 Å². The Kier molecular flexibility index (Phi) is 7.99. The highest BCUT2D eigenvalue weighted by molar-refractivity contribution is 6.11. The molecular formula is C32H35N3O2. The number of likely N-dealkylation sites (N-methyl/N-ethyl adjacent to an activating group) is 1. The molecule has 1 heterocycles. The molecule has 0 radical (unpaired) electrons. The van der Waals surface area contributed by atoms with Gasteiger partial charge < -0.3 is 9.64 Å². The second kappa shape index (κ2) is 11.9. The molecule has 0 aromatic heterocycles. The van der Waals surface area contributed by atoms with Crippen molar-refractivity contribution in [2.24, 2.45) is 4.99 Å². The zero-order valence-corrected chi connectivity index (χ0v) is 21.6. The van der Waals surface area contributed by atoms with Crippen LogP contribution in [0.2, 0.25) is 0 Å². The summed E-state index contributed by atoms with van der Waals surface area (Å²) in [6.07, 6.45) is 7.64. The van der Waals surface area contributed by atoms with Crippen LogP contribution in [0.1, 0.15) is 55.7 Å². The van der Waals surface area contributed by atoms with Gasteiger partial charge in [-0.15, -0.1) is 0 Å². The lowest BCUT2D eigenvalue weighted by Gasteiger charge is -2.25. The van der Waals surface area contributed by atoms with E-state index in [0.717, 1.165) is 37.2 Å². The molecule has 37 heavy (non-hydrogen) atoms. The van der Waals surface area contributed by atoms with Crippen LogP contribution >= 0.6 is 0 Å². The number of carbonyl (C=O) groups is 1. The first-order valence-corrected chi connectivity index (χ1v) is 13.4. The average molecular weight is 494 g/mol. The smallest absolute Gasteiger partial charge is 0.300 e. The Morgan fingerprint density at radius 3 is 2.03 bits per heavy atom. The van der Waals surface area contributed by atoms with Crippen molar-refractivity contribution in [3.63, 3.8) is 0 Å². The number of amides is 1. The van der Waals surface area contributed by atoms with Crippen molar-refractivity contribution in [1.82, 2.24) is 4.90 Å². The number of rotatable bonds is 8. The lowest BCUT2D eigenvalue weighted by atomic mass is 9.96. The Labute approximate surface area is 220 Å². The van der Waals surface area contributed by atoms with Gasteiger partial charge >= 0.3 is 6.02 Å². The summed E-state index contributed by atoms with van der Waals surface area (Å²) in [4.78, 5) is 21.8. The molecule has 2 fully saturated rings. The third-order valence-electron chi connectivity index (χ3n) is 7.06. The Balaban J connectivity index is 1.35. The van der Waals surface area contributed by atoms with Crippen molar-refractivity contribution in [2.75, 3.05) is 11.4 Å². The normalized spacial score (nSPS) is 18.4. The molecule has 0 spiro atoms. The van der Waals surface area contributed by atoms with Gasteiger partial charge in [0.2, 0.25) is 0 Å². The molecular weight excluding hydrogens is 458 g/mol. The van der Waals surface area contributed by atoms with Crippen LogP contribution in [-0.2, 0) is 22.6 Å². The van der Waals surface area contributed by atoms with E-state index in [0.29, 0.717) is 18.3 Å². The Bertz CT molecular complexity index is 1190. The number of benzene rings is 3. The van der Waals surface area contributed by atoms with Gasteiger partial charge in [0.05, 0.1) is 6.04 Å². The Morgan fingerprint density at radius 1 is 0.865 bits per heavy atom. The van der Waals surface area contributed by atoms with Crippen molar-refractivity contribution >= 4 is 23.7 Å². The molecule has 5 heteroatoms. The van der Waals surface area contributed by atoms with E-state index in [9.17, 15) is 4.79 Å². The van der Waals surface area contributed by atoms with E-state index in [-0.39, 0.29) is 11.9 Å². The highest BCUT2D eigenvalue weighted by Gasteiger charge is 2.34. The molecule has 5 rings (SSSR count). The van der Waals surface area contributed by atoms with Crippen LogP contribution < -0.4 is 4.90 Å². The highest BCUT2D eigenvalue weighted by Crippen LogP contribution is 2.26. The third kappa shape index (κ3) is 6.29. The van der Waals surface area contributed by atoms with Crippen LogP contribution in [0.15, 0.2) is 95.7 Å². The number of aliphatic imine (C=N–C) groups is 1. The van der Waals surface area contributed by atoms with Gasteiger partial charge in [-0.1, -0.05) is 92.1 Å². The standard InChI is InChI=1S/C32H35N3O2/c1-2-35-31(36)30(37-32(35)33-28-16-10-5-11-17-28)22-25-18-20-29(21-19-25)34(23-26-12-6-3-7-13-26)24-27-14-8-4-9-15-27/h3-4,6-9,12-15,18-22,28H,2,5,10-11,16-17,23-24H2,1H3/b30-22+,33-32?. The number of amidine groups is 1. The van der Waals surface area contributed by atoms with E-state index in [1.807, 2.05) is 25.1 Å². The average Bonchev–Trinajstić information content (AvgIpc) is 3.23. The minimum absolute atomic E-state index is 0.115. The first kappa shape index (κ1) is 24.8. The van der Waals surface area contributed by atoms with Crippen molar-refractivity contribution in [1.29, 1.82) is 0 Å². The molecule has 1 amide bonds. The molecule has 0 atom stereocenters. The second-order valence-electron chi connectivity index (χ2n) is 9.78. The van der Waals surface area contributed by atoms with Crippen molar-refractivity contribution < 1.29 is 9.53 Å². The fraction of sp³-hybridized carbons (Fsp3) is 0.312. The summed E-state index contributed by atoms with van der Waals surface area (Å²) in [6.45, 7) is 4.13. The molecule has 0 bridgehead atoms. The van der Waals surface area contributed by atoms with Gasteiger partial charge in [0, 0.05) is 25.3 Å². The molecule has 190 valence electrons. The number of hydrogen-bond donors (Lipinski definition) is 0. The highest BCUT2D eigenvalue weighted by atomic mass is 16.5. The van der Waals surface area contributed by atoms with Gasteiger partial charge in [0.15, 0.2) is 5.76 Å². The second-order valence-corrected chi connectivity index (χ2v) is 9.78. The lowest BCUT2D eigenvalue weighted by molar-refractivity contribution is -0.122. The molecule has 1 aliphatic carbocycles. The molecule has 3 aromatic rings. The van der Waals surface area contributed by atoms with Crippen LogP contribution in [0.3, 0.4) is 0 Å². The maximum atomic E-state index is 13.0. The van der Waals surface area contributed by atoms with E-state index in [1.54, 1.807) is 4.90 Å². The van der Waals surface area contributed by atoms with Crippen LogP contribution in [0, 0.1) is 0 Å². The number of carbonyl (C=O) groups excluding carboxylic acids is 1. The lowest BCUT2D eigenvalue weighted by Crippen LogP contribution is -2.30. The first-order valence-electron chi connectivity index (χ1n) is 13.4. The molecule has 1 saturated heterocycles. The van der Waals surface area contributed by atoms with E-state index in [4.69, 9.17) is 9.73 Å². The molecule has 2 aliphatic rings. The van der Waals surface area contributed by atoms with E-state index in [2.05, 4.69) is 77.7 Å². The topological polar surface area (TPSA) is 45.1 Å². The maximum absolute atomic E-state index is 13.0. The molecule has 0 N–H and O–H groups in total. The minimum Gasteiger partial charge on any atom is -0.420 e. The van der Waals surface area contributed by atoms with E-state index >= 15 is 0 Å². The summed E-state index contributed by atoms with van der Waals surface area (Å²) in [7, 11) is 0. The number of nitrogens with zero attached hydrogens (tertiary/aromatic N) is 3. The fourth-order valence-corrected chi connectivity index (χ4v) is 5.03. The summed E-state index contributed by atoms with van der Waals surface area (Å²) < 4.78 is 6.00. The van der Waals surface area contributed by atoms with Crippen molar-refractivity contribution in [3.8, 4) is 0 Å². The maximum Gasteiger partial charge on any atom is 0.300 e. The molecule has 5 nitrogen and oxygen atoms in total. The third-order valence-corrected chi connectivity index (χ3v) is 7.06. The van der Waals surface area contributed by atoms with Crippen molar-refractivity contribution in [2.45, 2.75) is 58.2 Å². The van der Waals surface area contributed by atoms with Gasteiger partial charge in [-0.2, -0.15) is 0 Å². The van der Waals surface area contributed by atoms with Gasteiger partial charge in [-0.05, 0) is 54.7 Å². The predicted octanol–water partition coefficient (Wildman–Crippen LogP) is 6.80. The van der Waals surface area contributed by atoms with E-state index < -0.39 is 0 Å². The summed E-state index contributed by atoms with van der Waals surface area (Å²) in [6, 6.07) is 30.1. The predicted molar refractivity (Wildman–Crippen MR) is 150 cm³/mol. The monoisotopic (exact) mass is 493 g/mol. The minimum atomic E-state index is -0.115. The van der Waals surface area contributed by atoms with Gasteiger partial charge in [-0.3, -0.25) is 9.69 Å². The Hall–Kier alpha value is -3.86. The zero-order valence-electron chi connectivity index (χ0n) is 21.6. The molecule has 1 saturated carbocycles. The zero-order chi connectivity index (χ0) is 25.5. The van der Waals surface area contributed by atoms with Crippen LogP contribution in [-0.4, -0.2) is 29.4 Å². The quantitative estimate of drug-likeness (QED) is 0.324. The summed E-state index contributed by atoms with van der Waals surface area (Å²) >= 11 is 0. The van der Waals surface area contributed by atoms with Crippen molar-refractivity contribution in [3.05, 3.63) is 107 Å². The summed E-state index contributed by atoms with van der Waals surface area (Å²) in [5.74, 6) is 0.227. The SMILES string of the molecule is CCN1C(=O)/C(=C\c2ccc(N(Cc3ccccc3)Cc3ccccc3)cc2)OC1=NC1CCCCC1.